The Balaban J connectivity index is 1.59. The third kappa shape index (κ3) is 5.02. The van der Waals surface area contributed by atoms with Gasteiger partial charge in [0.2, 0.25) is 0 Å². The third-order valence-corrected chi connectivity index (χ3v) is 8.59. The first-order valence-electron chi connectivity index (χ1n) is 10.4. The molecule has 1 amide bonds. The predicted molar refractivity (Wildman–Crippen MR) is 140 cm³/mol. The molecule has 1 aromatic heterocycles. The fourth-order valence-electron chi connectivity index (χ4n) is 3.45. The van der Waals surface area contributed by atoms with Crippen molar-refractivity contribution in [2.75, 3.05) is 23.8 Å². The minimum Gasteiger partial charge on any atom is -0.495 e. The van der Waals surface area contributed by atoms with Gasteiger partial charge < -0.3 is 10.1 Å². The van der Waals surface area contributed by atoms with Crippen LogP contribution in [0.1, 0.15) is 27.0 Å². The fraction of sp³-hybridized carbons (Fsp3) is 0.120. The molecule has 10 heteroatoms. The summed E-state index contributed by atoms with van der Waals surface area (Å²) in [7, 11) is -0.971. The molecule has 0 fully saturated rings. The van der Waals surface area contributed by atoms with E-state index in [2.05, 4.69) is 5.32 Å². The van der Waals surface area contributed by atoms with Gasteiger partial charge in [0.25, 0.3) is 15.9 Å². The van der Waals surface area contributed by atoms with Crippen molar-refractivity contribution in [3.63, 3.8) is 0 Å². The highest BCUT2D eigenvalue weighted by atomic mass is 35.5. The smallest absolute Gasteiger partial charge is 0.265 e. The van der Waals surface area contributed by atoms with E-state index < -0.39 is 10.0 Å². The molecule has 4 rings (SSSR count). The van der Waals surface area contributed by atoms with Crippen LogP contribution in [0.4, 0.5) is 11.4 Å². The van der Waals surface area contributed by atoms with Gasteiger partial charge in [0.05, 0.1) is 27.6 Å². The number of thiophene rings is 1. The van der Waals surface area contributed by atoms with E-state index in [4.69, 9.17) is 16.3 Å². The number of sulfonamides is 1. The Kier molecular flexibility index (Phi) is 6.84. The second kappa shape index (κ2) is 9.69. The minimum absolute atomic E-state index is 0.0315. The molecular weight excluding hydrogens is 508 g/mol. The van der Waals surface area contributed by atoms with Gasteiger partial charge in [-0.1, -0.05) is 23.7 Å². The van der Waals surface area contributed by atoms with E-state index in [9.17, 15) is 18.0 Å². The number of Topliss-reactive ketones (excluding diaryl/α,β-unsaturated/α-hetero) is 1. The number of anilines is 2. The molecule has 3 aromatic carbocycles. The maximum Gasteiger partial charge on any atom is 0.265 e. The monoisotopic (exact) mass is 528 g/mol. The molecule has 35 heavy (non-hydrogen) atoms. The number of nitrogens with zero attached hydrogens (tertiary/aromatic N) is 1. The van der Waals surface area contributed by atoms with Crippen molar-refractivity contribution in [1.29, 1.82) is 0 Å². The molecule has 1 heterocycles. The quantitative estimate of drug-likeness (QED) is 0.304. The molecule has 0 aliphatic carbocycles. The number of carbonyl (C=O) groups excluding carboxylic acids is 2. The lowest BCUT2D eigenvalue weighted by atomic mass is 10.1. The molecule has 4 aromatic rings. The van der Waals surface area contributed by atoms with E-state index in [0.29, 0.717) is 27.6 Å². The summed E-state index contributed by atoms with van der Waals surface area (Å²) in [6.07, 6.45) is 0. The minimum atomic E-state index is -3.88. The molecule has 0 aliphatic rings. The van der Waals surface area contributed by atoms with Crippen LogP contribution in [0, 0.1) is 0 Å². The van der Waals surface area contributed by atoms with Gasteiger partial charge in [0, 0.05) is 23.0 Å². The Morgan fingerprint density at radius 2 is 1.80 bits per heavy atom. The van der Waals surface area contributed by atoms with Crippen LogP contribution in [0.3, 0.4) is 0 Å². The Labute approximate surface area is 212 Å². The molecule has 0 spiro atoms. The largest absolute Gasteiger partial charge is 0.495 e. The summed E-state index contributed by atoms with van der Waals surface area (Å²) in [5.41, 5.74) is 1.46. The van der Waals surface area contributed by atoms with Crippen molar-refractivity contribution in [1.82, 2.24) is 0 Å². The second-order valence-electron chi connectivity index (χ2n) is 7.69. The number of hydrogen-bond donors (Lipinski definition) is 1. The van der Waals surface area contributed by atoms with E-state index in [-0.39, 0.29) is 21.6 Å². The van der Waals surface area contributed by atoms with Gasteiger partial charge in [0.15, 0.2) is 5.78 Å². The molecule has 0 saturated heterocycles. The van der Waals surface area contributed by atoms with Crippen molar-refractivity contribution in [3.8, 4) is 5.75 Å². The molecule has 1 N–H and O–H groups in total. The summed E-state index contributed by atoms with van der Waals surface area (Å²) in [5, 5.41) is 3.72. The maximum atomic E-state index is 13.2. The van der Waals surface area contributed by atoms with Gasteiger partial charge in [-0.3, -0.25) is 13.9 Å². The molecule has 7 nitrogen and oxygen atoms in total. The van der Waals surface area contributed by atoms with Crippen LogP contribution in [-0.4, -0.2) is 34.3 Å². The summed E-state index contributed by atoms with van der Waals surface area (Å²) in [4.78, 5) is 24.9. The Hall–Kier alpha value is -3.40. The highest BCUT2D eigenvalue weighted by molar-refractivity contribution is 7.92. The van der Waals surface area contributed by atoms with Gasteiger partial charge in [-0.2, -0.15) is 0 Å². The van der Waals surface area contributed by atoms with Crippen molar-refractivity contribution in [2.45, 2.75) is 11.8 Å². The van der Waals surface area contributed by atoms with Gasteiger partial charge in [-0.15, -0.1) is 11.3 Å². The summed E-state index contributed by atoms with van der Waals surface area (Å²) >= 11 is 7.40. The first-order chi connectivity index (χ1) is 16.6. The normalized spacial score (nSPS) is 11.3. The number of amides is 1. The van der Waals surface area contributed by atoms with Gasteiger partial charge >= 0.3 is 0 Å². The molecule has 0 atom stereocenters. The van der Waals surface area contributed by atoms with Gasteiger partial charge in [0.1, 0.15) is 5.75 Å². The van der Waals surface area contributed by atoms with Crippen molar-refractivity contribution < 1.29 is 22.7 Å². The van der Waals surface area contributed by atoms with Crippen molar-refractivity contribution >= 4 is 66.1 Å². The summed E-state index contributed by atoms with van der Waals surface area (Å²) in [6, 6.07) is 17.9. The van der Waals surface area contributed by atoms with Crippen LogP contribution in [0.15, 0.2) is 71.6 Å². The Morgan fingerprint density at radius 1 is 1.03 bits per heavy atom. The molecule has 180 valence electrons. The number of benzene rings is 3. The molecule has 0 bridgehead atoms. The first kappa shape index (κ1) is 24.7. The lowest BCUT2D eigenvalue weighted by Crippen LogP contribution is -2.26. The second-order valence-corrected chi connectivity index (χ2v) is 11.2. The summed E-state index contributed by atoms with van der Waals surface area (Å²) in [6.45, 7) is 1.46. The Bertz CT molecular complexity index is 1560. The molecule has 0 aliphatic heterocycles. The van der Waals surface area contributed by atoms with E-state index in [1.807, 2.05) is 0 Å². The first-order valence-corrected chi connectivity index (χ1v) is 13.0. The zero-order valence-corrected chi connectivity index (χ0v) is 21.4. The van der Waals surface area contributed by atoms with Gasteiger partial charge in [-0.05, 0) is 66.9 Å². The SMILES string of the molecule is COc1ccc(S(=O)(=O)N(C)c2ccc3sc(C(=O)Nc4cccc(C(C)=O)c4)cc3c2)cc1Cl. The van der Waals surface area contributed by atoms with Gasteiger partial charge in [-0.25, -0.2) is 8.42 Å². The van der Waals surface area contributed by atoms with Crippen molar-refractivity contribution in [3.05, 3.63) is 82.2 Å². The number of methoxy groups -OCH3 is 1. The number of fused-ring (bicyclic) bond motifs is 1. The topological polar surface area (TPSA) is 92.8 Å². The number of hydrogen-bond acceptors (Lipinski definition) is 6. The fourth-order valence-corrected chi connectivity index (χ4v) is 5.93. The molecule has 0 saturated carbocycles. The third-order valence-electron chi connectivity index (χ3n) is 5.40. The zero-order valence-electron chi connectivity index (χ0n) is 19.0. The predicted octanol–water partition coefficient (Wildman–Crippen LogP) is 5.84. The van der Waals surface area contributed by atoms with Crippen LogP contribution >= 0.6 is 22.9 Å². The number of ether oxygens (including phenoxy) is 1. The number of carbonyl (C=O) groups is 2. The zero-order chi connectivity index (χ0) is 25.3. The lowest BCUT2D eigenvalue weighted by Gasteiger charge is -2.20. The molecular formula is C25H21ClN2O5S2. The molecule has 0 radical (unpaired) electrons. The average molecular weight is 529 g/mol. The van der Waals surface area contributed by atoms with Crippen LogP contribution in [0.25, 0.3) is 10.1 Å². The highest BCUT2D eigenvalue weighted by Crippen LogP contribution is 2.33. The van der Waals surface area contributed by atoms with E-state index in [1.165, 1.54) is 50.6 Å². The van der Waals surface area contributed by atoms with E-state index >= 15 is 0 Å². The number of rotatable bonds is 7. The Morgan fingerprint density at radius 3 is 2.49 bits per heavy atom. The summed E-state index contributed by atoms with van der Waals surface area (Å²) in [5.74, 6) is -0.0273. The average Bonchev–Trinajstić information content (AvgIpc) is 3.27. The number of ketones is 1. The lowest BCUT2D eigenvalue weighted by molar-refractivity contribution is 0.101. The number of halogens is 1. The maximum absolute atomic E-state index is 13.2. The van der Waals surface area contributed by atoms with Crippen LogP contribution in [0.2, 0.25) is 5.02 Å². The van der Waals surface area contributed by atoms with E-state index in [0.717, 1.165) is 14.4 Å². The van der Waals surface area contributed by atoms with Crippen LogP contribution < -0.4 is 14.4 Å². The van der Waals surface area contributed by atoms with Crippen molar-refractivity contribution in [2.24, 2.45) is 0 Å². The number of nitrogens with one attached hydrogen (secondary N) is 1. The standard InChI is InChI=1S/C25H21ClN2O5S2/c1-15(29)16-5-4-6-18(11-16)27-25(30)24-13-17-12-19(7-10-23(17)34-24)28(2)35(31,32)20-8-9-22(33-3)21(26)14-20/h4-14H,1-3H3,(H,27,30). The van der Waals surface area contributed by atoms with Crippen LogP contribution in [0.5, 0.6) is 5.75 Å². The van der Waals surface area contributed by atoms with E-state index in [1.54, 1.807) is 48.5 Å². The molecule has 0 unspecified atom stereocenters. The highest BCUT2D eigenvalue weighted by Gasteiger charge is 2.23. The van der Waals surface area contributed by atoms with Crippen LogP contribution in [-0.2, 0) is 10.0 Å². The summed E-state index contributed by atoms with van der Waals surface area (Å²) < 4.78 is 33.4.